The van der Waals surface area contributed by atoms with E-state index in [2.05, 4.69) is 15.8 Å². The topological polar surface area (TPSA) is 127 Å². The number of rotatable bonds is 15. The highest BCUT2D eigenvalue weighted by molar-refractivity contribution is 6.31. The number of hydrogen-bond donors (Lipinski definition) is 2. The van der Waals surface area contributed by atoms with Crippen molar-refractivity contribution >= 4 is 28.9 Å². The highest BCUT2D eigenvalue weighted by Crippen LogP contribution is 2.41. The van der Waals surface area contributed by atoms with Crippen molar-refractivity contribution in [2.24, 2.45) is 5.16 Å². The summed E-state index contributed by atoms with van der Waals surface area (Å²) in [6.07, 6.45) is 1.29. The molecule has 0 fully saturated rings. The molecule has 2 aliphatic rings. The SMILES string of the molecule is COc1cc([13CH]2NC(=O)c3cc(Cl)ccc3N2)ccc1OCCCCOc1cc(C2CC(c3cc(OC)c(OC)c(OC)c3)=NO2)ccc1OC. The zero-order valence-electron chi connectivity index (χ0n) is 29.0. The molecule has 0 bridgehead atoms. The van der Waals surface area contributed by atoms with Gasteiger partial charge in [0.15, 0.2) is 40.6 Å². The lowest BCUT2D eigenvalue weighted by Crippen LogP contribution is -2.38. The van der Waals surface area contributed by atoms with Crippen LogP contribution in [0.5, 0.6) is 40.2 Å². The van der Waals surface area contributed by atoms with Gasteiger partial charge in [-0.1, -0.05) is 28.9 Å². The van der Waals surface area contributed by atoms with Crippen molar-refractivity contribution in [1.29, 1.82) is 0 Å². The van der Waals surface area contributed by atoms with Gasteiger partial charge >= 0.3 is 0 Å². The van der Waals surface area contributed by atoms with E-state index in [9.17, 15) is 4.79 Å². The van der Waals surface area contributed by atoms with Crippen molar-refractivity contribution in [3.8, 4) is 40.2 Å². The van der Waals surface area contributed by atoms with Crippen LogP contribution in [0.1, 0.15) is 58.6 Å². The quantitative estimate of drug-likeness (QED) is 0.0952. The fourth-order valence-corrected chi connectivity index (χ4v) is 6.10. The first-order valence-electron chi connectivity index (χ1n) is 16.4. The Labute approximate surface area is 301 Å². The molecule has 268 valence electrons. The second kappa shape index (κ2) is 16.0. The molecule has 2 unspecified atom stereocenters. The fourth-order valence-electron chi connectivity index (χ4n) is 5.93. The largest absolute Gasteiger partial charge is 0.493 e. The number of anilines is 1. The Morgan fingerprint density at radius 2 is 1.35 bits per heavy atom. The van der Waals surface area contributed by atoms with Crippen LogP contribution in [0, 0.1) is 0 Å². The van der Waals surface area contributed by atoms with Crippen molar-refractivity contribution in [3.05, 3.63) is 94.0 Å². The lowest BCUT2D eigenvalue weighted by molar-refractivity contribution is 0.0854. The van der Waals surface area contributed by atoms with Crippen LogP contribution in [0.2, 0.25) is 5.02 Å². The van der Waals surface area contributed by atoms with Crippen LogP contribution in [0.3, 0.4) is 0 Å². The number of methoxy groups -OCH3 is 5. The molecule has 2 heterocycles. The van der Waals surface area contributed by atoms with Gasteiger partial charge in [0.05, 0.1) is 60.0 Å². The Morgan fingerprint density at radius 3 is 2.04 bits per heavy atom. The molecular weight excluding hydrogens is 679 g/mol. The van der Waals surface area contributed by atoms with Gasteiger partial charge in [-0.05, 0) is 78.6 Å². The third-order valence-electron chi connectivity index (χ3n) is 8.60. The zero-order chi connectivity index (χ0) is 35.9. The molecule has 6 rings (SSSR count). The Kier molecular flexibility index (Phi) is 11.1. The molecular formula is C38H40ClN3O9. The molecule has 2 atom stereocenters. The van der Waals surface area contributed by atoms with E-state index in [1.54, 1.807) is 53.7 Å². The number of benzene rings is 4. The maximum Gasteiger partial charge on any atom is 0.255 e. The van der Waals surface area contributed by atoms with Crippen molar-refractivity contribution in [1.82, 2.24) is 5.32 Å². The number of halogens is 1. The summed E-state index contributed by atoms with van der Waals surface area (Å²) < 4.78 is 39.8. The highest BCUT2D eigenvalue weighted by atomic mass is 35.5. The predicted octanol–water partition coefficient (Wildman–Crippen LogP) is 7.34. The summed E-state index contributed by atoms with van der Waals surface area (Å²) in [6.45, 7) is 0.914. The number of carbonyl (C=O) groups excluding carboxylic acids is 1. The average Bonchev–Trinajstić information content (AvgIpc) is 3.66. The summed E-state index contributed by atoms with van der Waals surface area (Å²) in [4.78, 5) is 18.5. The smallest absolute Gasteiger partial charge is 0.255 e. The van der Waals surface area contributed by atoms with E-state index in [0.29, 0.717) is 76.2 Å². The van der Waals surface area contributed by atoms with Crippen molar-refractivity contribution in [3.63, 3.8) is 0 Å². The third kappa shape index (κ3) is 7.81. The molecule has 2 aliphatic heterocycles. The van der Waals surface area contributed by atoms with Gasteiger partial charge in [-0.3, -0.25) is 4.79 Å². The van der Waals surface area contributed by atoms with Gasteiger partial charge in [0, 0.05) is 22.7 Å². The molecule has 2 N–H and O–H groups in total. The fraction of sp³-hybridized carbons (Fsp3) is 0.316. The minimum atomic E-state index is -0.432. The third-order valence-corrected chi connectivity index (χ3v) is 8.84. The van der Waals surface area contributed by atoms with Crippen LogP contribution in [0.15, 0.2) is 71.9 Å². The molecule has 12 nitrogen and oxygen atoms in total. The minimum absolute atomic E-state index is 0.204. The second-order valence-corrected chi connectivity index (χ2v) is 12.2. The number of hydrogen-bond acceptors (Lipinski definition) is 11. The number of nitrogens with zero attached hydrogens (tertiary/aromatic N) is 1. The number of ether oxygens (including phenoxy) is 7. The molecule has 4 aromatic rings. The first-order valence-corrected chi connectivity index (χ1v) is 16.7. The Balaban J connectivity index is 1.01. The molecule has 51 heavy (non-hydrogen) atoms. The number of fused-ring (bicyclic) bond motifs is 1. The van der Waals surface area contributed by atoms with Crippen molar-refractivity contribution < 1.29 is 42.8 Å². The van der Waals surface area contributed by atoms with Crippen LogP contribution in [-0.4, -0.2) is 60.4 Å². The molecule has 4 aromatic carbocycles. The summed E-state index contributed by atoms with van der Waals surface area (Å²) in [5.41, 5.74) is 4.53. The predicted molar refractivity (Wildman–Crippen MR) is 193 cm³/mol. The number of nitrogens with one attached hydrogen (secondary N) is 2. The van der Waals surface area contributed by atoms with E-state index >= 15 is 0 Å². The normalized spacial score (nSPS) is 16.1. The Morgan fingerprint density at radius 1 is 0.706 bits per heavy atom. The van der Waals surface area contributed by atoms with Crippen LogP contribution < -0.4 is 43.8 Å². The van der Waals surface area contributed by atoms with E-state index in [1.807, 2.05) is 48.5 Å². The van der Waals surface area contributed by atoms with Crippen molar-refractivity contribution in [2.75, 3.05) is 54.1 Å². The first kappa shape index (κ1) is 35.3. The summed E-state index contributed by atoms with van der Waals surface area (Å²) in [6, 6.07) is 20.2. The van der Waals surface area contributed by atoms with Gasteiger partial charge in [0.1, 0.15) is 6.17 Å². The van der Waals surface area contributed by atoms with Crippen LogP contribution >= 0.6 is 11.6 Å². The number of oxime groups is 1. The first-order chi connectivity index (χ1) is 24.8. The standard InChI is InChI=1S/C38H40ClN3O9/c1-44-29-12-8-22(31-21-28(42-51-31)24-18-34(46-3)36(48-5)35(19-24)47-4)16-33(29)50-15-7-6-14-49-30-13-9-23(17-32(30)45-2)37-40-27-11-10-25(39)20-26(27)38(43)41-37/h8-13,16-20,31,37,40H,6-7,14-15,21H2,1-5H3,(H,41,43)/i37+1. The monoisotopic (exact) mass is 718 g/mol. The van der Waals surface area contributed by atoms with Gasteiger partial charge in [0.25, 0.3) is 5.91 Å². The van der Waals surface area contributed by atoms with Crippen molar-refractivity contribution in [2.45, 2.75) is 31.5 Å². The van der Waals surface area contributed by atoms with Crippen LogP contribution in [0.4, 0.5) is 5.69 Å². The van der Waals surface area contributed by atoms with Gasteiger partial charge in [0.2, 0.25) is 5.75 Å². The van der Waals surface area contributed by atoms with Crippen LogP contribution in [-0.2, 0) is 4.84 Å². The summed E-state index contributed by atoms with van der Waals surface area (Å²) in [5, 5.41) is 11.2. The van der Waals surface area contributed by atoms with E-state index in [-0.39, 0.29) is 12.0 Å². The van der Waals surface area contributed by atoms with Crippen LogP contribution in [0.25, 0.3) is 0 Å². The average molecular weight is 719 g/mol. The molecule has 0 aliphatic carbocycles. The highest BCUT2D eigenvalue weighted by Gasteiger charge is 2.28. The van der Waals surface area contributed by atoms with Gasteiger partial charge in [-0.15, -0.1) is 0 Å². The van der Waals surface area contributed by atoms with Gasteiger partial charge < -0.3 is 48.6 Å². The lowest BCUT2D eigenvalue weighted by atomic mass is 9.99. The second-order valence-electron chi connectivity index (χ2n) is 11.7. The molecule has 0 spiro atoms. The maximum atomic E-state index is 12.7. The Bertz CT molecular complexity index is 1890. The van der Waals surface area contributed by atoms with E-state index in [1.165, 1.54) is 0 Å². The molecule has 1 amide bonds. The molecule has 0 saturated carbocycles. The number of carbonyl (C=O) groups is 1. The lowest BCUT2D eigenvalue weighted by Gasteiger charge is -2.28. The zero-order valence-corrected chi connectivity index (χ0v) is 29.8. The number of amides is 1. The van der Waals surface area contributed by atoms with Gasteiger partial charge in [-0.2, -0.15) is 0 Å². The molecule has 0 aromatic heterocycles. The molecule has 0 saturated heterocycles. The van der Waals surface area contributed by atoms with E-state index in [4.69, 9.17) is 49.6 Å². The molecule has 0 radical (unpaired) electrons. The van der Waals surface area contributed by atoms with E-state index in [0.717, 1.165) is 35.2 Å². The number of unbranched alkanes of at least 4 members (excludes halogenated alkanes) is 1. The minimum Gasteiger partial charge on any atom is -0.493 e. The summed E-state index contributed by atoms with van der Waals surface area (Å²) in [5.74, 6) is 3.81. The summed E-state index contributed by atoms with van der Waals surface area (Å²) in [7, 11) is 7.92. The maximum absolute atomic E-state index is 12.7. The Hall–Kier alpha value is -5.49. The molecule has 13 heteroatoms. The summed E-state index contributed by atoms with van der Waals surface area (Å²) >= 11 is 6.06. The van der Waals surface area contributed by atoms with E-state index < -0.39 is 6.17 Å². The van der Waals surface area contributed by atoms with Gasteiger partial charge in [-0.25, -0.2) is 0 Å².